The minimum Gasteiger partial charge on any atom is -0.478 e. The largest absolute Gasteiger partial charge is 0.478 e. The van der Waals surface area contributed by atoms with Crippen LogP contribution in [0, 0.1) is 56.7 Å². The average Bonchev–Trinajstić information content (AvgIpc) is 3.64. The van der Waals surface area contributed by atoms with E-state index < -0.39 is 5.97 Å². The molecule has 6 aliphatic rings. The predicted molar refractivity (Wildman–Crippen MR) is 199 cm³/mol. The zero-order valence-electron chi connectivity index (χ0n) is 31.5. The zero-order valence-corrected chi connectivity index (χ0v) is 31.5. The fraction of sp³-hybridized carbons (Fsp3) is 0.727. The van der Waals surface area contributed by atoms with Gasteiger partial charge in [0.25, 0.3) is 0 Å². The Morgan fingerprint density at radius 3 is 2.39 bits per heavy atom. The summed E-state index contributed by atoms with van der Waals surface area (Å²) in [5.41, 5.74) is 5.66. The van der Waals surface area contributed by atoms with Gasteiger partial charge in [-0.25, -0.2) is 4.79 Å². The zero-order chi connectivity index (χ0) is 35.0. The van der Waals surface area contributed by atoms with Crippen LogP contribution in [0.4, 0.5) is 0 Å². The van der Waals surface area contributed by atoms with E-state index in [4.69, 9.17) is 0 Å². The molecule has 0 aromatic heterocycles. The number of carboxylic acid groups (broad SMARTS) is 1. The smallest absolute Gasteiger partial charge is 0.335 e. The number of allylic oxidation sites excluding steroid dienone is 3. The SMILES string of the molecule is C=C(C)C1CCC2(CNCCCN3CCCC3=O)CCC3(C)C(CCC4C5(C)CC=C(c6ccc(C(=O)O)cc6)C(C)(C)C5CCC43C)C12. The number of likely N-dealkylation sites (tertiary alicyclic amines) is 1. The first kappa shape index (κ1) is 35.0. The molecule has 7 rings (SSSR count). The number of nitrogens with zero attached hydrogens (tertiary/aromatic N) is 1. The molecule has 1 heterocycles. The van der Waals surface area contributed by atoms with Crippen molar-refractivity contribution in [3.63, 3.8) is 0 Å². The van der Waals surface area contributed by atoms with Crippen LogP contribution in [0.2, 0.25) is 0 Å². The first-order chi connectivity index (χ1) is 23.2. The second-order valence-corrected chi connectivity index (χ2v) is 19.0. The molecule has 4 saturated carbocycles. The number of carboxylic acids is 1. The number of hydrogen-bond acceptors (Lipinski definition) is 3. The summed E-state index contributed by atoms with van der Waals surface area (Å²) in [5, 5.41) is 13.5. The molecule has 5 fully saturated rings. The first-order valence-electron chi connectivity index (χ1n) is 19.9. The van der Waals surface area contributed by atoms with Gasteiger partial charge >= 0.3 is 5.97 Å². The number of fused-ring (bicyclic) bond motifs is 7. The maximum absolute atomic E-state index is 12.1. The van der Waals surface area contributed by atoms with E-state index in [1.54, 1.807) is 12.1 Å². The lowest BCUT2D eigenvalue weighted by molar-refractivity contribution is -0.225. The van der Waals surface area contributed by atoms with Gasteiger partial charge in [-0.15, -0.1) is 0 Å². The molecule has 9 atom stereocenters. The van der Waals surface area contributed by atoms with Crippen molar-refractivity contribution in [1.29, 1.82) is 0 Å². The van der Waals surface area contributed by atoms with Gasteiger partial charge < -0.3 is 15.3 Å². The van der Waals surface area contributed by atoms with E-state index in [0.29, 0.717) is 51.4 Å². The topological polar surface area (TPSA) is 69.6 Å². The lowest BCUT2D eigenvalue weighted by Crippen LogP contribution is -2.65. The quantitative estimate of drug-likeness (QED) is 0.203. The summed E-state index contributed by atoms with van der Waals surface area (Å²) in [5.74, 6) is 2.88. The lowest BCUT2D eigenvalue weighted by Gasteiger charge is -2.72. The molecule has 1 aliphatic heterocycles. The molecule has 0 bridgehead atoms. The highest BCUT2D eigenvalue weighted by Gasteiger charge is 2.70. The van der Waals surface area contributed by atoms with Crippen LogP contribution >= 0.6 is 0 Å². The maximum atomic E-state index is 12.1. The Bertz CT molecular complexity index is 1510. The monoisotopic (exact) mass is 668 g/mol. The summed E-state index contributed by atoms with van der Waals surface area (Å²) in [7, 11) is 0. The highest BCUT2D eigenvalue weighted by atomic mass is 16.4. The Labute approximate surface area is 296 Å². The van der Waals surface area contributed by atoms with E-state index in [0.717, 1.165) is 57.8 Å². The van der Waals surface area contributed by atoms with Crippen LogP contribution in [-0.4, -0.2) is 48.1 Å². The molecule has 5 heteroatoms. The third kappa shape index (κ3) is 5.32. The van der Waals surface area contributed by atoms with Gasteiger partial charge in [0.15, 0.2) is 0 Å². The predicted octanol–water partition coefficient (Wildman–Crippen LogP) is 9.64. The molecule has 5 nitrogen and oxygen atoms in total. The summed E-state index contributed by atoms with van der Waals surface area (Å²) in [4.78, 5) is 25.8. The molecule has 9 unspecified atom stereocenters. The molecule has 5 aliphatic carbocycles. The van der Waals surface area contributed by atoms with E-state index in [-0.39, 0.29) is 10.8 Å². The number of rotatable bonds is 9. The number of nitrogens with one attached hydrogen (secondary N) is 1. The first-order valence-corrected chi connectivity index (χ1v) is 19.9. The fourth-order valence-corrected chi connectivity index (χ4v) is 14.2. The van der Waals surface area contributed by atoms with E-state index >= 15 is 0 Å². The van der Waals surface area contributed by atoms with E-state index in [2.05, 4.69) is 64.4 Å². The fourth-order valence-electron chi connectivity index (χ4n) is 14.2. The highest BCUT2D eigenvalue weighted by molar-refractivity contribution is 5.88. The van der Waals surface area contributed by atoms with Gasteiger partial charge in [0.2, 0.25) is 5.91 Å². The van der Waals surface area contributed by atoms with Gasteiger partial charge in [0, 0.05) is 26.1 Å². The summed E-state index contributed by atoms with van der Waals surface area (Å²) in [6.45, 7) is 24.0. The summed E-state index contributed by atoms with van der Waals surface area (Å²) in [6, 6.07) is 7.63. The van der Waals surface area contributed by atoms with Crippen molar-refractivity contribution in [3.8, 4) is 0 Å². The van der Waals surface area contributed by atoms with Gasteiger partial charge in [0.05, 0.1) is 5.56 Å². The van der Waals surface area contributed by atoms with Crippen molar-refractivity contribution in [3.05, 3.63) is 53.6 Å². The molecule has 0 spiro atoms. The summed E-state index contributed by atoms with van der Waals surface area (Å²) >= 11 is 0. The molecular formula is C44H64N2O3. The summed E-state index contributed by atoms with van der Waals surface area (Å²) in [6.07, 6.45) is 17.0. The molecule has 49 heavy (non-hydrogen) atoms. The van der Waals surface area contributed by atoms with E-state index in [9.17, 15) is 14.7 Å². The number of carbonyl (C=O) groups is 2. The van der Waals surface area contributed by atoms with Crippen LogP contribution in [0.1, 0.15) is 135 Å². The number of aromatic carboxylic acids is 1. The van der Waals surface area contributed by atoms with Crippen LogP contribution in [0.3, 0.4) is 0 Å². The Kier molecular flexibility index (Phi) is 8.85. The van der Waals surface area contributed by atoms with Crippen molar-refractivity contribution in [2.75, 3.05) is 26.2 Å². The highest BCUT2D eigenvalue weighted by Crippen LogP contribution is 2.77. The minimum absolute atomic E-state index is 0.0305. The van der Waals surface area contributed by atoms with Gasteiger partial charge in [-0.3, -0.25) is 4.79 Å². The third-order valence-electron chi connectivity index (χ3n) is 16.7. The van der Waals surface area contributed by atoms with E-state index in [1.807, 2.05) is 12.1 Å². The second kappa shape index (κ2) is 12.4. The Balaban J connectivity index is 1.12. The second-order valence-electron chi connectivity index (χ2n) is 19.0. The third-order valence-corrected chi connectivity index (χ3v) is 16.7. The number of carbonyl (C=O) groups excluding carboxylic acids is 1. The standard InChI is InChI=1S/C44H64N2O3/c1-29(2)32-17-22-44(28-45-25-9-27-46-26-8-10-37(46)47)24-23-42(6)34(38(32)44)15-16-36-41(5)20-18-33(30-11-13-31(14-12-30)39(48)49)40(3,4)35(41)19-21-43(36,42)7/h11-14,18,32,34-36,38,45H,1,8-10,15-17,19-28H2,2-7H3,(H,48,49). The van der Waals surface area contributed by atoms with Gasteiger partial charge in [-0.2, -0.15) is 0 Å². The van der Waals surface area contributed by atoms with Crippen molar-refractivity contribution in [2.45, 2.75) is 119 Å². The molecule has 268 valence electrons. The number of hydrogen-bond donors (Lipinski definition) is 2. The Morgan fingerprint density at radius 1 is 0.959 bits per heavy atom. The normalized spacial score (nSPS) is 40.9. The van der Waals surface area contributed by atoms with Crippen molar-refractivity contribution >= 4 is 17.4 Å². The van der Waals surface area contributed by atoms with Crippen LogP contribution in [0.5, 0.6) is 0 Å². The molecular weight excluding hydrogens is 604 g/mol. The minimum atomic E-state index is -0.860. The van der Waals surface area contributed by atoms with Crippen molar-refractivity contribution in [2.24, 2.45) is 56.7 Å². The maximum Gasteiger partial charge on any atom is 0.335 e. The van der Waals surface area contributed by atoms with Gasteiger partial charge in [-0.05, 0) is 164 Å². The van der Waals surface area contributed by atoms with Crippen LogP contribution in [0.25, 0.3) is 5.57 Å². The summed E-state index contributed by atoms with van der Waals surface area (Å²) < 4.78 is 0. The van der Waals surface area contributed by atoms with Crippen LogP contribution < -0.4 is 5.32 Å². The molecule has 1 saturated heterocycles. The Morgan fingerprint density at radius 2 is 1.71 bits per heavy atom. The average molecular weight is 669 g/mol. The molecule has 1 aromatic rings. The molecule has 0 radical (unpaired) electrons. The number of benzene rings is 1. The van der Waals surface area contributed by atoms with Crippen LogP contribution in [0.15, 0.2) is 42.5 Å². The van der Waals surface area contributed by atoms with Crippen molar-refractivity contribution in [1.82, 2.24) is 10.2 Å². The van der Waals surface area contributed by atoms with Crippen LogP contribution in [-0.2, 0) is 4.79 Å². The van der Waals surface area contributed by atoms with Gasteiger partial charge in [-0.1, -0.05) is 65.0 Å². The molecule has 1 amide bonds. The number of amides is 1. The molecule has 1 aromatic carbocycles. The Hall–Kier alpha value is -2.40. The lowest BCUT2D eigenvalue weighted by atomic mass is 9.32. The van der Waals surface area contributed by atoms with Gasteiger partial charge in [0.1, 0.15) is 0 Å². The van der Waals surface area contributed by atoms with E-state index in [1.165, 1.54) is 68.1 Å². The van der Waals surface area contributed by atoms with Crippen molar-refractivity contribution < 1.29 is 14.7 Å². The molecule has 2 N–H and O–H groups in total.